The third kappa shape index (κ3) is 7.84. The summed E-state index contributed by atoms with van der Waals surface area (Å²) in [6.45, 7) is 1.45. The number of ether oxygens (including phenoxy) is 1. The maximum atomic E-state index is 13.9. The summed E-state index contributed by atoms with van der Waals surface area (Å²) >= 11 is 0. The predicted molar refractivity (Wildman–Crippen MR) is 95.4 cm³/mol. The molecule has 0 spiro atoms. The summed E-state index contributed by atoms with van der Waals surface area (Å²) in [5, 5.41) is 16.8. The summed E-state index contributed by atoms with van der Waals surface area (Å²) in [6, 6.07) is 4.09. The molecule has 2 amide bonds. The minimum absolute atomic E-state index is 0.0467. The Kier molecular flexibility index (Phi) is 8.23. The molecule has 28 heavy (non-hydrogen) atoms. The number of hydrogen-bond donors (Lipinski definition) is 6. The molecular weight excluding hydrogens is 384 g/mol. The Morgan fingerprint density at radius 3 is 2.61 bits per heavy atom. The average Bonchev–Trinajstić information content (AvgIpc) is 2.61. The number of urea groups is 1. The van der Waals surface area contributed by atoms with E-state index < -0.39 is 36.8 Å². The lowest BCUT2D eigenvalue weighted by Crippen LogP contribution is -2.69. The van der Waals surface area contributed by atoms with Crippen LogP contribution >= 0.6 is 0 Å². The molecule has 3 atom stereocenters. The third-order valence-electron chi connectivity index (χ3n) is 3.81. The Balaban J connectivity index is 1.78. The smallest absolute Gasteiger partial charge is 0.406 e. The largest absolute Gasteiger partial charge is 0.573 e. The Morgan fingerprint density at radius 2 is 1.96 bits per heavy atom. The van der Waals surface area contributed by atoms with Crippen molar-refractivity contribution in [2.24, 2.45) is 0 Å². The van der Waals surface area contributed by atoms with Crippen LogP contribution in [0.1, 0.15) is 6.42 Å². The second-order valence-corrected chi connectivity index (χ2v) is 6.08. The van der Waals surface area contributed by atoms with E-state index in [2.05, 4.69) is 36.6 Å². The number of hydrogen-bond acceptors (Lipinski definition) is 6. The van der Waals surface area contributed by atoms with Gasteiger partial charge in [0.15, 0.2) is 0 Å². The maximum absolute atomic E-state index is 13.9. The first-order valence-electron chi connectivity index (χ1n) is 8.71. The summed E-state index contributed by atoms with van der Waals surface area (Å²) in [5.41, 5.74) is 0.271. The molecule has 3 unspecified atom stereocenters. The number of carbonyl (C=O) groups excluding carboxylic acids is 1. The second kappa shape index (κ2) is 10.4. The van der Waals surface area contributed by atoms with E-state index in [-0.39, 0.29) is 12.2 Å². The normalized spacial score (nSPS) is 22.5. The van der Waals surface area contributed by atoms with Crippen molar-refractivity contribution in [3.8, 4) is 5.75 Å². The molecule has 0 bridgehead atoms. The van der Waals surface area contributed by atoms with Crippen LogP contribution in [0.25, 0.3) is 0 Å². The molecule has 12 heteroatoms. The summed E-state index contributed by atoms with van der Waals surface area (Å²) in [7, 11) is 1.83. The average molecular weight is 408 g/mol. The van der Waals surface area contributed by atoms with E-state index in [1.165, 1.54) is 12.1 Å². The molecule has 1 aliphatic heterocycles. The van der Waals surface area contributed by atoms with E-state index in [1.54, 1.807) is 0 Å². The van der Waals surface area contributed by atoms with Crippen molar-refractivity contribution >= 4 is 11.7 Å². The van der Waals surface area contributed by atoms with Crippen molar-refractivity contribution in [3.63, 3.8) is 0 Å². The van der Waals surface area contributed by atoms with Gasteiger partial charge in [-0.05, 0) is 50.8 Å². The SMILES string of the molecule is CNCCCNC1NC(NC(=O)Nc2ccc(OC(F)(F)F)cc2)NCC1F. The lowest BCUT2D eigenvalue weighted by atomic mass is 10.2. The Bertz CT molecular complexity index is 616. The maximum Gasteiger partial charge on any atom is 0.573 e. The lowest BCUT2D eigenvalue weighted by Gasteiger charge is -2.35. The van der Waals surface area contributed by atoms with Crippen LogP contribution in [-0.4, -0.2) is 57.7 Å². The molecule has 158 valence electrons. The second-order valence-electron chi connectivity index (χ2n) is 6.08. The molecule has 2 rings (SSSR count). The monoisotopic (exact) mass is 408 g/mol. The van der Waals surface area contributed by atoms with Crippen molar-refractivity contribution in [3.05, 3.63) is 24.3 Å². The van der Waals surface area contributed by atoms with Gasteiger partial charge in [-0.25, -0.2) is 9.18 Å². The summed E-state index contributed by atoms with van der Waals surface area (Å²) in [6.07, 6.45) is -6.43. The van der Waals surface area contributed by atoms with Crippen molar-refractivity contribution in [1.29, 1.82) is 0 Å². The zero-order valence-corrected chi connectivity index (χ0v) is 15.2. The van der Waals surface area contributed by atoms with Gasteiger partial charge in [-0.15, -0.1) is 13.2 Å². The number of benzene rings is 1. The highest BCUT2D eigenvalue weighted by molar-refractivity contribution is 5.89. The van der Waals surface area contributed by atoms with Crippen molar-refractivity contribution in [2.75, 3.05) is 32.0 Å². The van der Waals surface area contributed by atoms with Gasteiger partial charge < -0.3 is 20.7 Å². The van der Waals surface area contributed by atoms with E-state index in [4.69, 9.17) is 0 Å². The molecule has 1 fully saturated rings. The fourth-order valence-electron chi connectivity index (χ4n) is 2.53. The number of carbonyl (C=O) groups is 1. The van der Waals surface area contributed by atoms with Gasteiger partial charge in [-0.2, -0.15) is 0 Å². The number of rotatable bonds is 8. The summed E-state index contributed by atoms with van der Waals surface area (Å²) in [5.74, 6) is -0.393. The third-order valence-corrected chi connectivity index (χ3v) is 3.81. The zero-order chi connectivity index (χ0) is 20.6. The number of alkyl halides is 4. The molecule has 0 aliphatic carbocycles. The molecule has 0 radical (unpaired) electrons. The highest BCUT2D eigenvalue weighted by atomic mass is 19.4. The number of amides is 2. The fraction of sp³-hybridized carbons (Fsp3) is 0.562. The molecule has 0 aromatic heterocycles. The first kappa shape index (κ1) is 22.1. The zero-order valence-electron chi connectivity index (χ0n) is 15.2. The Labute approximate surface area is 159 Å². The van der Waals surface area contributed by atoms with Crippen LogP contribution in [0.15, 0.2) is 24.3 Å². The first-order valence-corrected chi connectivity index (χ1v) is 8.71. The number of halogens is 4. The van der Waals surface area contributed by atoms with Gasteiger partial charge in [0.25, 0.3) is 0 Å². The molecule has 8 nitrogen and oxygen atoms in total. The highest BCUT2D eigenvalue weighted by Gasteiger charge is 2.31. The van der Waals surface area contributed by atoms with Crippen LogP contribution < -0.4 is 36.6 Å². The lowest BCUT2D eigenvalue weighted by molar-refractivity contribution is -0.274. The van der Waals surface area contributed by atoms with Crippen LogP contribution in [-0.2, 0) is 0 Å². The molecule has 0 saturated carbocycles. The number of nitrogens with one attached hydrogen (secondary N) is 6. The Hall–Kier alpha value is -2.15. The van der Waals surface area contributed by atoms with Crippen LogP contribution in [0.5, 0.6) is 5.75 Å². The standard InChI is InChI=1S/C16H24F4N6O2/c1-21-7-2-8-22-13-12(17)9-23-14(25-13)26-15(27)24-10-3-5-11(6-4-10)28-16(18,19)20/h3-6,12-14,21-23,25H,2,7-9H2,1H3,(H2,24,26,27). The Morgan fingerprint density at radius 1 is 1.25 bits per heavy atom. The minimum Gasteiger partial charge on any atom is -0.406 e. The molecular formula is C16H24F4N6O2. The predicted octanol–water partition coefficient (Wildman–Crippen LogP) is 1.05. The van der Waals surface area contributed by atoms with Gasteiger partial charge in [0.1, 0.15) is 18.2 Å². The van der Waals surface area contributed by atoms with Crippen molar-refractivity contribution in [1.82, 2.24) is 26.6 Å². The molecule has 1 aromatic carbocycles. The van der Waals surface area contributed by atoms with Crippen LogP contribution in [0.3, 0.4) is 0 Å². The van der Waals surface area contributed by atoms with E-state index in [9.17, 15) is 22.4 Å². The van der Waals surface area contributed by atoms with Crippen LogP contribution in [0, 0.1) is 0 Å². The minimum atomic E-state index is -4.78. The summed E-state index contributed by atoms with van der Waals surface area (Å²) in [4.78, 5) is 12.0. The topological polar surface area (TPSA) is 98.5 Å². The van der Waals surface area contributed by atoms with Crippen LogP contribution in [0.4, 0.5) is 28.0 Å². The molecule has 1 aromatic rings. The molecule has 1 aliphatic rings. The highest BCUT2D eigenvalue weighted by Crippen LogP contribution is 2.23. The van der Waals surface area contributed by atoms with E-state index in [0.717, 1.165) is 25.1 Å². The van der Waals surface area contributed by atoms with E-state index >= 15 is 0 Å². The summed E-state index contributed by atoms with van der Waals surface area (Å²) < 4.78 is 54.1. The van der Waals surface area contributed by atoms with Gasteiger partial charge in [0.2, 0.25) is 0 Å². The van der Waals surface area contributed by atoms with E-state index in [0.29, 0.717) is 6.54 Å². The van der Waals surface area contributed by atoms with Crippen molar-refractivity contribution < 1.29 is 27.1 Å². The fourth-order valence-corrected chi connectivity index (χ4v) is 2.53. The molecule has 1 heterocycles. The molecule has 1 saturated heterocycles. The van der Waals surface area contributed by atoms with Gasteiger partial charge in [-0.1, -0.05) is 0 Å². The quantitative estimate of drug-likeness (QED) is 0.284. The molecule has 6 N–H and O–H groups in total. The number of anilines is 1. The van der Waals surface area contributed by atoms with Gasteiger partial charge in [0, 0.05) is 12.2 Å². The van der Waals surface area contributed by atoms with Gasteiger partial charge in [-0.3, -0.25) is 16.0 Å². The van der Waals surface area contributed by atoms with Crippen LogP contribution in [0.2, 0.25) is 0 Å². The first-order chi connectivity index (χ1) is 13.3. The van der Waals surface area contributed by atoms with Gasteiger partial charge >= 0.3 is 12.4 Å². The van der Waals surface area contributed by atoms with E-state index in [1.807, 2.05) is 7.05 Å². The van der Waals surface area contributed by atoms with Crippen molar-refractivity contribution in [2.45, 2.75) is 31.4 Å². The van der Waals surface area contributed by atoms with Gasteiger partial charge in [0.05, 0.1) is 6.17 Å².